The zero-order chi connectivity index (χ0) is 9.68. The number of rotatable bonds is 3. The minimum Gasteiger partial charge on any atom is -0.242 e. The Morgan fingerprint density at radius 3 is 2.77 bits per heavy atom. The third-order valence-electron chi connectivity index (χ3n) is 1.50. The summed E-state index contributed by atoms with van der Waals surface area (Å²) in [7, 11) is 0. The standard InChI is InChI=1S/C11H13NS/c1-4-6-8-11-10(7-5-2)12-9(3)13-11/h4-8H,1H2,2-3H3/b7-5-,8-6-. The predicted molar refractivity (Wildman–Crippen MR) is 60.8 cm³/mol. The van der Waals surface area contributed by atoms with Crippen molar-refractivity contribution in [3.05, 3.63) is 40.4 Å². The summed E-state index contributed by atoms with van der Waals surface area (Å²) < 4.78 is 0. The summed E-state index contributed by atoms with van der Waals surface area (Å²) in [5.74, 6) is 0. The average molecular weight is 191 g/mol. The summed E-state index contributed by atoms with van der Waals surface area (Å²) in [5.41, 5.74) is 1.04. The number of thiazole rings is 1. The van der Waals surface area contributed by atoms with Crippen molar-refractivity contribution in [2.75, 3.05) is 0 Å². The summed E-state index contributed by atoms with van der Waals surface area (Å²) >= 11 is 1.70. The lowest BCUT2D eigenvalue weighted by Gasteiger charge is -1.86. The topological polar surface area (TPSA) is 12.9 Å². The molecule has 68 valence electrons. The molecule has 1 nitrogen and oxygen atoms in total. The maximum absolute atomic E-state index is 4.40. The van der Waals surface area contributed by atoms with E-state index in [9.17, 15) is 0 Å². The van der Waals surface area contributed by atoms with Gasteiger partial charge in [-0.25, -0.2) is 4.98 Å². The first kappa shape index (κ1) is 9.93. The highest BCUT2D eigenvalue weighted by Gasteiger charge is 2.01. The SMILES string of the molecule is C=C/C=C\c1sc(C)nc1/C=C\C. The Kier molecular flexibility index (Phi) is 3.65. The van der Waals surface area contributed by atoms with E-state index in [0.717, 1.165) is 10.7 Å². The maximum atomic E-state index is 4.40. The molecule has 0 atom stereocenters. The van der Waals surface area contributed by atoms with Crippen LogP contribution in [0, 0.1) is 6.92 Å². The number of hydrogen-bond acceptors (Lipinski definition) is 2. The van der Waals surface area contributed by atoms with Crippen LogP contribution in [-0.2, 0) is 0 Å². The van der Waals surface area contributed by atoms with Crippen LogP contribution in [-0.4, -0.2) is 4.98 Å². The third-order valence-corrected chi connectivity index (χ3v) is 2.45. The van der Waals surface area contributed by atoms with Gasteiger partial charge in [-0.1, -0.05) is 24.8 Å². The van der Waals surface area contributed by atoms with Crippen LogP contribution in [0.3, 0.4) is 0 Å². The molecule has 0 aliphatic rings. The minimum absolute atomic E-state index is 1.04. The fraction of sp³-hybridized carbons (Fsp3) is 0.182. The van der Waals surface area contributed by atoms with Crippen molar-refractivity contribution in [3.8, 4) is 0 Å². The van der Waals surface area contributed by atoms with Gasteiger partial charge in [-0.05, 0) is 26.0 Å². The highest BCUT2D eigenvalue weighted by atomic mass is 32.1. The van der Waals surface area contributed by atoms with Crippen molar-refractivity contribution in [3.63, 3.8) is 0 Å². The smallest absolute Gasteiger partial charge is 0.0907 e. The van der Waals surface area contributed by atoms with Gasteiger partial charge in [0.25, 0.3) is 0 Å². The van der Waals surface area contributed by atoms with Gasteiger partial charge in [0.2, 0.25) is 0 Å². The first-order chi connectivity index (χ1) is 6.27. The molecule has 0 saturated heterocycles. The van der Waals surface area contributed by atoms with E-state index in [-0.39, 0.29) is 0 Å². The number of allylic oxidation sites excluding steroid dienone is 3. The van der Waals surface area contributed by atoms with Crippen molar-refractivity contribution < 1.29 is 0 Å². The summed E-state index contributed by atoms with van der Waals surface area (Å²) in [6, 6.07) is 0. The molecular weight excluding hydrogens is 178 g/mol. The van der Waals surface area contributed by atoms with Gasteiger partial charge >= 0.3 is 0 Å². The molecule has 0 N–H and O–H groups in total. The van der Waals surface area contributed by atoms with E-state index < -0.39 is 0 Å². The van der Waals surface area contributed by atoms with Crippen LogP contribution in [0.15, 0.2) is 24.8 Å². The Labute approximate surface area is 83.1 Å². The number of aromatic nitrogens is 1. The van der Waals surface area contributed by atoms with Crippen LogP contribution in [0.25, 0.3) is 12.2 Å². The molecule has 0 radical (unpaired) electrons. The molecular formula is C11H13NS. The van der Waals surface area contributed by atoms with Gasteiger partial charge in [0.05, 0.1) is 15.6 Å². The highest BCUT2D eigenvalue weighted by Crippen LogP contribution is 2.20. The molecule has 0 amide bonds. The van der Waals surface area contributed by atoms with Crippen LogP contribution in [0.4, 0.5) is 0 Å². The molecule has 1 heterocycles. The average Bonchev–Trinajstić information content (AvgIpc) is 2.44. The Morgan fingerprint density at radius 2 is 2.15 bits per heavy atom. The lowest BCUT2D eigenvalue weighted by atomic mass is 10.3. The van der Waals surface area contributed by atoms with Gasteiger partial charge in [-0.15, -0.1) is 11.3 Å². The minimum atomic E-state index is 1.04. The zero-order valence-electron chi connectivity index (χ0n) is 7.95. The summed E-state index contributed by atoms with van der Waals surface area (Å²) in [6.07, 6.45) is 9.76. The molecule has 1 aromatic heterocycles. The number of hydrogen-bond donors (Lipinski definition) is 0. The molecule has 13 heavy (non-hydrogen) atoms. The fourth-order valence-corrected chi connectivity index (χ4v) is 1.84. The molecule has 0 aliphatic heterocycles. The van der Waals surface area contributed by atoms with Crippen molar-refractivity contribution in [1.82, 2.24) is 4.98 Å². The first-order valence-electron chi connectivity index (χ1n) is 4.17. The Hall–Kier alpha value is -1.15. The molecule has 0 aliphatic carbocycles. The number of aryl methyl sites for hydroxylation is 1. The van der Waals surface area contributed by atoms with Gasteiger partial charge in [-0.3, -0.25) is 0 Å². The number of nitrogens with zero attached hydrogens (tertiary/aromatic N) is 1. The fourth-order valence-electron chi connectivity index (χ4n) is 1.01. The van der Waals surface area contributed by atoms with Gasteiger partial charge in [-0.2, -0.15) is 0 Å². The van der Waals surface area contributed by atoms with Crippen molar-refractivity contribution in [1.29, 1.82) is 0 Å². The lowest BCUT2D eigenvalue weighted by molar-refractivity contribution is 1.27. The Balaban J connectivity index is 3.03. The molecule has 1 aromatic rings. The van der Waals surface area contributed by atoms with Crippen molar-refractivity contribution in [2.45, 2.75) is 13.8 Å². The zero-order valence-corrected chi connectivity index (χ0v) is 8.77. The second kappa shape index (κ2) is 4.77. The largest absolute Gasteiger partial charge is 0.242 e. The van der Waals surface area contributed by atoms with E-state index in [1.54, 1.807) is 17.4 Å². The third kappa shape index (κ3) is 2.67. The van der Waals surface area contributed by atoms with E-state index in [1.165, 1.54) is 4.88 Å². The molecule has 0 spiro atoms. The second-order valence-corrected chi connectivity index (χ2v) is 3.81. The van der Waals surface area contributed by atoms with Crippen LogP contribution >= 0.6 is 11.3 Å². The van der Waals surface area contributed by atoms with Crippen molar-refractivity contribution in [2.24, 2.45) is 0 Å². The van der Waals surface area contributed by atoms with E-state index in [4.69, 9.17) is 0 Å². The van der Waals surface area contributed by atoms with E-state index in [2.05, 4.69) is 11.6 Å². The summed E-state index contributed by atoms with van der Waals surface area (Å²) in [6.45, 7) is 7.65. The molecule has 0 bridgehead atoms. The molecule has 2 heteroatoms. The maximum Gasteiger partial charge on any atom is 0.0907 e. The van der Waals surface area contributed by atoms with E-state index >= 15 is 0 Å². The Morgan fingerprint density at radius 1 is 1.38 bits per heavy atom. The molecule has 0 aromatic carbocycles. The van der Waals surface area contributed by atoms with Gasteiger partial charge in [0, 0.05) is 0 Å². The predicted octanol–water partition coefficient (Wildman–Crippen LogP) is 3.68. The summed E-state index contributed by atoms with van der Waals surface area (Å²) in [5, 5.41) is 1.09. The van der Waals surface area contributed by atoms with Gasteiger partial charge < -0.3 is 0 Å². The Bertz CT molecular complexity index is 345. The van der Waals surface area contributed by atoms with Gasteiger partial charge in [0.15, 0.2) is 0 Å². The second-order valence-electron chi connectivity index (χ2n) is 2.58. The molecule has 0 unspecified atom stereocenters. The first-order valence-corrected chi connectivity index (χ1v) is 4.98. The summed E-state index contributed by atoms with van der Waals surface area (Å²) in [4.78, 5) is 5.59. The molecule has 0 saturated carbocycles. The van der Waals surface area contributed by atoms with Gasteiger partial charge in [0.1, 0.15) is 0 Å². The van der Waals surface area contributed by atoms with Crippen molar-refractivity contribution >= 4 is 23.5 Å². The quantitative estimate of drug-likeness (QED) is 0.664. The van der Waals surface area contributed by atoms with Crippen LogP contribution in [0.1, 0.15) is 22.5 Å². The van der Waals surface area contributed by atoms with E-state index in [0.29, 0.717) is 0 Å². The monoisotopic (exact) mass is 191 g/mol. The van der Waals surface area contributed by atoms with Crippen LogP contribution in [0.2, 0.25) is 0 Å². The van der Waals surface area contributed by atoms with E-state index in [1.807, 2.05) is 38.2 Å². The highest BCUT2D eigenvalue weighted by molar-refractivity contribution is 7.12. The normalized spacial score (nSPS) is 11.5. The molecule has 0 fully saturated rings. The van der Waals surface area contributed by atoms with Crippen LogP contribution < -0.4 is 0 Å². The molecule has 1 rings (SSSR count). The van der Waals surface area contributed by atoms with Crippen LogP contribution in [0.5, 0.6) is 0 Å². The lowest BCUT2D eigenvalue weighted by Crippen LogP contribution is -1.74.